The van der Waals surface area contributed by atoms with Crippen LogP contribution in [0.25, 0.3) is 0 Å². The van der Waals surface area contributed by atoms with Crippen LogP contribution in [0.3, 0.4) is 0 Å². The molecule has 1 aliphatic rings. The van der Waals surface area contributed by atoms with Crippen molar-refractivity contribution in [2.45, 2.75) is 38.6 Å². The Hall–Kier alpha value is -1.08. The van der Waals surface area contributed by atoms with Crippen molar-refractivity contribution in [1.82, 2.24) is 9.97 Å². The number of rotatable bonds is 6. The van der Waals surface area contributed by atoms with Gasteiger partial charge in [-0.1, -0.05) is 29.3 Å². The molecular formula is C19H24BrCl2N5. The predicted molar refractivity (Wildman–Crippen MR) is 116 cm³/mol. The number of aromatic nitrogens is 2. The molecule has 1 aliphatic carbocycles. The second kappa shape index (κ2) is 9.41. The maximum Gasteiger partial charge on any atom is 0.225 e. The molecule has 2 aromatic rings. The van der Waals surface area contributed by atoms with E-state index in [2.05, 4.69) is 31.2 Å². The highest BCUT2D eigenvalue weighted by Gasteiger charge is 2.22. The van der Waals surface area contributed by atoms with E-state index in [-0.39, 0.29) is 0 Å². The van der Waals surface area contributed by atoms with Crippen LogP contribution in [0.15, 0.2) is 22.7 Å². The lowest BCUT2D eigenvalue weighted by Crippen LogP contribution is -2.23. The van der Waals surface area contributed by atoms with Gasteiger partial charge in [0, 0.05) is 16.6 Å². The second-order valence-corrected chi connectivity index (χ2v) is 8.75. The Kier molecular flexibility index (Phi) is 7.20. The molecule has 0 amide bonds. The summed E-state index contributed by atoms with van der Waals surface area (Å²) in [7, 11) is 0. The molecule has 8 heteroatoms. The minimum absolute atomic E-state index is 0.445. The minimum Gasteiger partial charge on any atom is -0.383 e. The fourth-order valence-corrected chi connectivity index (χ4v) is 4.33. The first kappa shape index (κ1) is 20.6. The molecule has 5 N–H and O–H groups in total. The Bertz CT molecular complexity index is 794. The Labute approximate surface area is 178 Å². The highest BCUT2D eigenvalue weighted by Crippen LogP contribution is 2.33. The largest absolute Gasteiger partial charge is 0.383 e. The summed E-state index contributed by atoms with van der Waals surface area (Å²) in [6.07, 6.45) is 5.64. The second-order valence-electron chi connectivity index (χ2n) is 7.11. The number of nitrogens with two attached hydrogens (primary N) is 2. The molecule has 1 fully saturated rings. The fourth-order valence-electron chi connectivity index (χ4n) is 3.51. The Morgan fingerprint density at radius 3 is 2.48 bits per heavy atom. The van der Waals surface area contributed by atoms with Crippen LogP contribution in [0.2, 0.25) is 10.0 Å². The third kappa shape index (κ3) is 5.47. The van der Waals surface area contributed by atoms with E-state index in [1.807, 2.05) is 12.1 Å². The summed E-state index contributed by atoms with van der Waals surface area (Å²) >= 11 is 15.7. The van der Waals surface area contributed by atoms with E-state index in [1.54, 1.807) is 6.07 Å². The van der Waals surface area contributed by atoms with Crippen molar-refractivity contribution in [3.05, 3.63) is 44.0 Å². The zero-order chi connectivity index (χ0) is 19.4. The van der Waals surface area contributed by atoms with Crippen LogP contribution in [0.4, 0.5) is 11.8 Å². The monoisotopic (exact) mass is 471 g/mol. The van der Waals surface area contributed by atoms with Crippen molar-refractivity contribution in [2.24, 2.45) is 17.6 Å². The molecule has 0 spiro atoms. The first-order valence-corrected chi connectivity index (χ1v) is 10.7. The number of nitrogens with zero attached hydrogens (tertiary/aromatic N) is 2. The lowest BCUT2D eigenvalue weighted by atomic mass is 9.80. The minimum atomic E-state index is 0.445. The molecule has 0 unspecified atom stereocenters. The van der Waals surface area contributed by atoms with Crippen LogP contribution in [-0.2, 0) is 13.0 Å². The van der Waals surface area contributed by atoms with Crippen molar-refractivity contribution >= 4 is 50.9 Å². The van der Waals surface area contributed by atoms with Gasteiger partial charge in [-0.2, -0.15) is 4.98 Å². The average Bonchev–Trinajstić information content (AvgIpc) is 2.65. The zero-order valence-corrected chi connectivity index (χ0v) is 18.1. The van der Waals surface area contributed by atoms with Gasteiger partial charge in [0.1, 0.15) is 5.82 Å². The summed E-state index contributed by atoms with van der Waals surface area (Å²) in [5, 5.41) is 4.43. The number of benzene rings is 1. The van der Waals surface area contributed by atoms with Gasteiger partial charge in [0.2, 0.25) is 5.95 Å². The molecule has 146 valence electrons. The van der Waals surface area contributed by atoms with E-state index in [1.165, 1.54) is 25.7 Å². The lowest BCUT2D eigenvalue weighted by molar-refractivity contribution is 0.277. The van der Waals surface area contributed by atoms with Crippen LogP contribution >= 0.6 is 39.1 Å². The lowest BCUT2D eigenvalue weighted by Gasteiger charge is -2.27. The molecule has 5 nitrogen and oxygen atoms in total. The van der Waals surface area contributed by atoms with Crippen molar-refractivity contribution in [3.63, 3.8) is 0 Å². The third-order valence-corrected chi connectivity index (χ3v) is 6.63. The van der Waals surface area contributed by atoms with Gasteiger partial charge in [-0.25, -0.2) is 4.98 Å². The summed E-state index contributed by atoms with van der Waals surface area (Å²) in [5.74, 6) is 2.23. The summed E-state index contributed by atoms with van der Waals surface area (Å²) in [6, 6.07) is 5.42. The van der Waals surface area contributed by atoms with Crippen LogP contribution in [-0.4, -0.2) is 16.5 Å². The number of anilines is 2. The first-order valence-electron chi connectivity index (χ1n) is 9.16. The quantitative estimate of drug-likeness (QED) is 0.547. The smallest absolute Gasteiger partial charge is 0.225 e. The number of nitrogens with one attached hydrogen (secondary N) is 1. The van der Waals surface area contributed by atoms with Crippen molar-refractivity contribution in [2.75, 3.05) is 17.6 Å². The van der Waals surface area contributed by atoms with E-state index in [4.69, 9.17) is 34.7 Å². The molecule has 0 saturated heterocycles. The maximum atomic E-state index is 6.23. The van der Waals surface area contributed by atoms with Gasteiger partial charge in [0.15, 0.2) is 0 Å². The number of hydrogen-bond donors (Lipinski definition) is 3. The van der Waals surface area contributed by atoms with Crippen LogP contribution in [0, 0.1) is 11.8 Å². The molecule has 0 aliphatic heterocycles. The molecular weight excluding hydrogens is 449 g/mol. The van der Waals surface area contributed by atoms with E-state index in [9.17, 15) is 0 Å². The number of nitrogen functional groups attached to an aromatic ring is 1. The Morgan fingerprint density at radius 1 is 1.11 bits per heavy atom. The van der Waals surface area contributed by atoms with Crippen LogP contribution in [0.5, 0.6) is 0 Å². The predicted octanol–water partition coefficient (Wildman–Crippen LogP) is 5.05. The van der Waals surface area contributed by atoms with Gasteiger partial charge in [-0.05, 0) is 84.1 Å². The van der Waals surface area contributed by atoms with Gasteiger partial charge in [-0.15, -0.1) is 0 Å². The van der Waals surface area contributed by atoms with Crippen LogP contribution in [0.1, 0.15) is 36.9 Å². The van der Waals surface area contributed by atoms with E-state index < -0.39 is 0 Å². The third-order valence-electron chi connectivity index (χ3n) is 5.18. The topological polar surface area (TPSA) is 89.8 Å². The summed E-state index contributed by atoms with van der Waals surface area (Å²) < 4.78 is 0.790. The van der Waals surface area contributed by atoms with Gasteiger partial charge < -0.3 is 16.8 Å². The molecule has 3 rings (SSSR count). The van der Waals surface area contributed by atoms with Gasteiger partial charge in [0.25, 0.3) is 0 Å². The summed E-state index contributed by atoms with van der Waals surface area (Å²) in [5.41, 5.74) is 13.8. The zero-order valence-electron chi connectivity index (χ0n) is 15.0. The molecule has 0 atom stereocenters. The molecule has 1 aromatic carbocycles. The summed E-state index contributed by atoms with van der Waals surface area (Å²) in [6.45, 7) is 1.29. The van der Waals surface area contributed by atoms with Crippen molar-refractivity contribution in [1.29, 1.82) is 0 Å². The molecule has 0 radical (unpaired) electrons. The van der Waals surface area contributed by atoms with Crippen LogP contribution < -0.4 is 16.8 Å². The fraction of sp³-hybridized carbons (Fsp3) is 0.474. The van der Waals surface area contributed by atoms with Gasteiger partial charge in [-0.3, -0.25) is 0 Å². The highest BCUT2D eigenvalue weighted by molar-refractivity contribution is 9.10. The number of hydrogen-bond acceptors (Lipinski definition) is 5. The standard InChI is InChI=1S/C19H24BrCl2N5/c20-17-16(7-11-1-3-12(9-23)4-2-11)26-19(27-18(17)24)25-10-13-5-6-14(21)8-15(13)22/h5-6,8,11-12H,1-4,7,9-10,23H2,(H3,24,25,26,27). The van der Waals surface area contributed by atoms with Gasteiger partial charge >= 0.3 is 0 Å². The number of halogens is 3. The van der Waals surface area contributed by atoms with Crippen molar-refractivity contribution in [3.8, 4) is 0 Å². The van der Waals surface area contributed by atoms with E-state index in [0.29, 0.717) is 40.2 Å². The van der Waals surface area contributed by atoms with Crippen molar-refractivity contribution < 1.29 is 0 Å². The normalized spacial score (nSPS) is 19.9. The molecule has 1 aromatic heterocycles. The SMILES string of the molecule is NCC1CCC(Cc2nc(NCc3ccc(Cl)cc3Cl)nc(N)c2Br)CC1. The maximum absolute atomic E-state index is 6.23. The highest BCUT2D eigenvalue weighted by atomic mass is 79.9. The Morgan fingerprint density at radius 2 is 1.81 bits per heavy atom. The molecule has 1 saturated carbocycles. The first-order chi connectivity index (χ1) is 13.0. The molecule has 1 heterocycles. The van der Waals surface area contributed by atoms with E-state index in [0.717, 1.165) is 28.7 Å². The van der Waals surface area contributed by atoms with E-state index >= 15 is 0 Å². The average molecular weight is 473 g/mol. The molecule has 27 heavy (non-hydrogen) atoms. The molecule has 0 bridgehead atoms. The summed E-state index contributed by atoms with van der Waals surface area (Å²) in [4.78, 5) is 9.02. The van der Waals surface area contributed by atoms with Gasteiger partial charge in [0.05, 0.1) is 10.2 Å². The Balaban J connectivity index is 1.68.